The van der Waals surface area contributed by atoms with Crippen molar-refractivity contribution in [2.45, 2.75) is 43.8 Å². The number of carbonyl (C=O) groups is 2. The first-order valence-corrected chi connectivity index (χ1v) is 12.7. The zero-order valence-corrected chi connectivity index (χ0v) is 20.2. The molecule has 2 heterocycles. The van der Waals surface area contributed by atoms with Gasteiger partial charge in [0, 0.05) is 30.2 Å². The normalized spacial score (nSPS) is 16.8. The van der Waals surface area contributed by atoms with Gasteiger partial charge in [-0.3, -0.25) is 14.4 Å². The lowest BCUT2D eigenvalue weighted by Crippen LogP contribution is -2.32. The Morgan fingerprint density at radius 1 is 1.09 bits per heavy atom. The van der Waals surface area contributed by atoms with Gasteiger partial charge in [0.2, 0.25) is 5.91 Å². The molecule has 178 valence electrons. The third-order valence-electron chi connectivity index (χ3n) is 6.32. The summed E-state index contributed by atoms with van der Waals surface area (Å²) in [6, 6.07) is 17.6. The average molecular weight is 487 g/mol. The number of hydrogen-bond acceptors (Lipinski definition) is 6. The SMILES string of the molecule is Cc1ccc([C@H]2C3=C(CCCC3=O)Nc3nc(SCC(=O)NCc4ccccc4)[nH]c(=O)c32)cc1. The van der Waals surface area contributed by atoms with Crippen LogP contribution < -0.4 is 16.2 Å². The van der Waals surface area contributed by atoms with Crippen molar-refractivity contribution in [3.05, 3.63) is 98.5 Å². The van der Waals surface area contributed by atoms with Crippen LogP contribution in [0.25, 0.3) is 0 Å². The van der Waals surface area contributed by atoms with Crippen molar-refractivity contribution >= 4 is 29.3 Å². The first kappa shape index (κ1) is 23.1. The van der Waals surface area contributed by atoms with Crippen LogP contribution in [0.4, 0.5) is 5.82 Å². The second-order valence-corrected chi connectivity index (χ2v) is 9.79. The molecule has 35 heavy (non-hydrogen) atoms. The van der Waals surface area contributed by atoms with E-state index >= 15 is 0 Å². The van der Waals surface area contributed by atoms with Gasteiger partial charge in [-0.2, -0.15) is 0 Å². The van der Waals surface area contributed by atoms with Crippen molar-refractivity contribution in [3.63, 3.8) is 0 Å². The molecular weight excluding hydrogens is 460 g/mol. The van der Waals surface area contributed by atoms with E-state index in [9.17, 15) is 14.4 Å². The highest BCUT2D eigenvalue weighted by atomic mass is 32.2. The number of amides is 1. The molecule has 7 nitrogen and oxygen atoms in total. The van der Waals surface area contributed by atoms with Crippen molar-refractivity contribution in [2.75, 3.05) is 11.1 Å². The quantitative estimate of drug-likeness (QED) is 0.359. The van der Waals surface area contributed by atoms with Crippen LogP contribution in [-0.2, 0) is 16.1 Å². The first-order valence-electron chi connectivity index (χ1n) is 11.7. The number of anilines is 1. The summed E-state index contributed by atoms with van der Waals surface area (Å²) in [6.07, 6.45) is 1.99. The number of Topliss-reactive ketones (excluding diaryl/α,β-unsaturated/α-hetero) is 1. The van der Waals surface area contributed by atoms with Crippen LogP contribution in [0.1, 0.15) is 47.4 Å². The van der Waals surface area contributed by atoms with Crippen molar-refractivity contribution in [3.8, 4) is 0 Å². The minimum Gasteiger partial charge on any atom is -0.351 e. The van der Waals surface area contributed by atoms with Gasteiger partial charge < -0.3 is 15.6 Å². The van der Waals surface area contributed by atoms with Gasteiger partial charge in [-0.25, -0.2) is 4.98 Å². The number of carbonyl (C=O) groups excluding carboxylic acids is 2. The van der Waals surface area contributed by atoms with Crippen LogP contribution >= 0.6 is 11.8 Å². The summed E-state index contributed by atoms with van der Waals surface area (Å²) in [6.45, 7) is 2.45. The van der Waals surface area contributed by atoms with E-state index < -0.39 is 5.92 Å². The number of aromatic nitrogens is 2. The molecule has 1 amide bonds. The molecule has 5 rings (SSSR count). The Kier molecular flexibility index (Phi) is 6.55. The minimum atomic E-state index is -0.459. The average Bonchev–Trinajstić information content (AvgIpc) is 2.86. The maximum absolute atomic E-state index is 13.3. The maximum Gasteiger partial charge on any atom is 0.257 e. The second-order valence-electron chi connectivity index (χ2n) is 8.82. The van der Waals surface area contributed by atoms with E-state index in [1.807, 2.05) is 61.5 Å². The molecule has 0 spiro atoms. The summed E-state index contributed by atoms with van der Waals surface area (Å²) >= 11 is 1.18. The topological polar surface area (TPSA) is 104 Å². The molecule has 0 saturated heterocycles. The van der Waals surface area contributed by atoms with Crippen LogP contribution in [0.2, 0.25) is 0 Å². The molecule has 0 radical (unpaired) electrons. The van der Waals surface area contributed by atoms with Crippen molar-refractivity contribution in [2.24, 2.45) is 0 Å². The van der Waals surface area contributed by atoms with E-state index in [1.165, 1.54) is 11.8 Å². The Morgan fingerprint density at radius 3 is 2.63 bits per heavy atom. The standard InChI is InChI=1S/C27H26N4O3S/c1-16-10-12-18(13-11-16)22-23-19(8-5-9-20(23)32)29-25-24(22)26(34)31-27(30-25)35-15-21(33)28-14-17-6-3-2-4-7-17/h2-4,6-7,10-13,22H,5,8-9,14-15H2,1H3,(H,28,33)(H2,29,30,31,34)/t22-/m0/s1. The molecule has 8 heteroatoms. The molecule has 0 bridgehead atoms. The van der Waals surface area contributed by atoms with E-state index in [0.717, 1.165) is 35.2 Å². The summed E-state index contributed by atoms with van der Waals surface area (Å²) in [5, 5.41) is 6.52. The number of aromatic amines is 1. The number of hydrogen-bond donors (Lipinski definition) is 3. The first-order chi connectivity index (χ1) is 17.0. The lowest BCUT2D eigenvalue weighted by atomic mass is 9.76. The molecule has 2 aromatic carbocycles. The largest absolute Gasteiger partial charge is 0.351 e. The molecule has 1 aliphatic carbocycles. The van der Waals surface area contributed by atoms with Gasteiger partial charge in [-0.1, -0.05) is 71.9 Å². The fraction of sp³-hybridized carbons (Fsp3) is 0.259. The highest BCUT2D eigenvalue weighted by molar-refractivity contribution is 7.99. The number of ketones is 1. The summed E-state index contributed by atoms with van der Waals surface area (Å²) in [4.78, 5) is 46.0. The van der Waals surface area contributed by atoms with E-state index in [4.69, 9.17) is 0 Å². The van der Waals surface area contributed by atoms with Gasteiger partial charge in [-0.15, -0.1) is 0 Å². The lowest BCUT2D eigenvalue weighted by molar-refractivity contribution is -0.118. The van der Waals surface area contributed by atoms with Crippen LogP contribution in [0.15, 0.2) is 75.8 Å². The number of H-pyrrole nitrogens is 1. The third-order valence-corrected chi connectivity index (χ3v) is 7.19. The number of fused-ring (bicyclic) bond motifs is 1. The van der Waals surface area contributed by atoms with E-state index in [1.54, 1.807) is 0 Å². The molecular formula is C27H26N4O3S. The monoisotopic (exact) mass is 486 g/mol. The molecule has 2 aliphatic rings. The fourth-order valence-corrected chi connectivity index (χ4v) is 5.27. The van der Waals surface area contributed by atoms with E-state index in [2.05, 4.69) is 20.6 Å². The summed E-state index contributed by atoms with van der Waals surface area (Å²) in [7, 11) is 0. The Hall–Kier alpha value is -3.65. The molecule has 1 atom stereocenters. The highest BCUT2D eigenvalue weighted by Gasteiger charge is 2.37. The van der Waals surface area contributed by atoms with Crippen LogP contribution in [0.5, 0.6) is 0 Å². The molecule has 3 N–H and O–H groups in total. The zero-order chi connectivity index (χ0) is 24.4. The third kappa shape index (κ3) is 4.93. The van der Waals surface area contributed by atoms with Crippen LogP contribution in [-0.4, -0.2) is 27.4 Å². The molecule has 0 unspecified atom stereocenters. The van der Waals surface area contributed by atoms with Gasteiger partial charge in [-0.05, 0) is 30.9 Å². The van der Waals surface area contributed by atoms with E-state index in [0.29, 0.717) is 35.1 Å². The number of thioether (sulfide) groups is 1. The van der Waals surface area contributed by atoms with Crippen LogP contribution in [0, 0.1) is 6.92 Å². The Morgan fingerprint density at radius 2 is 1.86 bits per heavy atom. The summed E-state index contributed by atoms with van der Waals surface area (Å²) in [5.74, 6) is 0.0529. The Balaban J connectivity index is 1.40. The number of nitrogens with zero attached hydrogens (tertiary/aromatic N) is 1. The number of nitrogens with one attached hydrogen (secondary N) is 3. The van der Waals surface area contributed by atoms with Gasteiger partial charge in [0.25, 0.3) is 5.56 Å². The molecule has 1 aromatic heterocycles. The minimum absolute atomic E-state index is 0.0721. The summed E-state index contributed by atoms with van der Waals surface area (Å²) < 4.78 is 0. The smallest absolute Gasteiger partial charge is 0.257 e. The highest BCUT2D eigenvalue weighted by Crippen LogP contribution is 2.43. The Labute approximate surface area is 207 Å². The van der Waals surface area contributed by atoms with Crippen molar-refractivity contribution < 1.29 is 9.59 Å². The number of aryl methyl sites for hydroxylation is 1. The van der Waals surface area contributed by atoms with Crippen LogP contribution in [0.3, 0.4) is 0 Å². The predicted molar refractivity (Wildman–Crippen MR) is 136 cm³/mol. The number of rotatable bonds is 6. The molecule has 3 aromatic rings. The van der Waals surface area contributed by atoms with Crippen molar-refractivity contribution in [1.29, 1.82) is 0 Å². The summed E-state index contributed by atoms with van der Waals surface area (Å²) in [5.41, 5.74) is 4.68. The lowest BCUT2D eigenvalue weighted by Gasteiger charge is -2.32. The van der Waals surface area contributed by atoms with Gasteiger partial charge in [0.05, 0.1) is 11.3 Å². The Bertz CT molecular complexity index is 1360. The van der Waals surface area contributed by atoms with Gasteiger partial charge >= 0.3 is 0 Å². The zero-order valence-electron chi connectivity index (χ0n) is 19.4. The second kappa shape index (κ2) is 9.92. The van der Waals surface area contributed by atoms with Gasteiger partial charge in [0.15, 0.2) is 10.9 Å². The molecule has 1 aliphatic heterocycles. The molecule has 0 saturated carbocycles. The maximum atomic E-state index is 13.3. The van der Waals surface area contributed by atoms with E-state index in [-0.39, 0.29) is 23.0 Å². The number of allylic oxidation sites excluding steroid dienone is 2. The predicted octanol–water partition coefficient (Wildman–Crippen LogP) is 4.05. The number of benzene rings is 2. The molecule has 0 fully saturated rings. The fourth-order valence-electron chi connectivity index (χ4n) is 4.58. The van der Waals surface area contributed by atoms with Gasteiger partial charge in [0.1, 0.15) is 5.82 Å². The van der Waals surface area contributed by atoms with Crippen molar-refractivity contribution in [1.82, 2.24) is 15.3 Å².